The fourth-order valence-corrected chi connectivity index (χ4v) is 3.41. The average Bonchev–Trinajstić information content (AvgIpc) is 3.01. The smallest absolute Gasteiger partial charge is 0.231 e. The van der Waals surface area contributed by atoms with Gasteiger partial charge < -0.3 is 19.7 Å². The van der Waals surface area contributed by atoms with Crippen LogP contribution in [0.25, 0.3) is 0 Å². The number of nitrogens with one attached hydrogen (secondary N) is 1. The third-order valence-corrected chi connectivity index (χ3v) is 4.77. The summed E-state index contributed by atoms with van der Waals surface area (Å²) in [7, 11) is 1.74. The number of benzene rings is 1. The van der Waals surface area contributed by atoms with Crippen LogP contribution in [-0.2, 0) is 9.53 Å². The van der Waals surface area contributed by atoms with Crippen LogP contribution < -0.4 is 10.1 Å². The largest absolute Gasteiger partial charge is 0.492 e. The van der Waals surface area contributed by atoms with Gasteiger partial charge in [0.25, 0.3) is 0 Å². The molecule has 1 amide bonds. The molecule has 1 fully saturated rings. The Morgan fingerprint density at radius 1 is 1.35 bits per heavy atom. The number of ether oxygens (including phenoxy) is 2. The number of fused-ring (bicyclic) bond motifs is 1. The number of amides is 1. The zero-order valence-corrected chi connectivity index (χ0v) is 13.8. The van der Waals surface area contributed by atoms with Gasteiger partial charge in [-0.2, -0.15) is 0 Å². The maximum absolute atomic E-state index is 12.5. The van der Waals surface area contributed by atoms with Crippen molar-refractivity contribution >= 4 is 5.91 Å². The van der Waals surface area contributed by atoms with Gasteiger partial charge in [-0.15, -0.1) is 0 Å². The number of hydrogen-bond donors (Lipinski definition) is 1. The number of nitrogens with zero attached hydrogens (tertiary/aromatic N) is 1. The van der Waals surface area contributed by atoms with Gasteiger partial charge in [-0.1, -0.05) is 18.2 Å². The number of piperidine rings is 1. The van der Waals surface area contributed by atoms with Gasteiger partial charge in [0.2, 0.25) is 5.91 Å². The second-order valence-electron chi connectivity index (χ2n) is 6.37. The highest BCUT2D eigenvalue weighted by molar-refractivity contribution is 5.85. The van der Waals surface area contributed by atoms with Crippen LogP contribution in [0.4, 0.5) is 0 Å². The second-order valence-corrected chi connectivity index (χ2v) is 6.37. The molecule has 1 aromatic carbocycles. The SMILES string of the molecule is COCCCN1CCC(NC(=O)C2COc3ccccc32)CC1. The highest BCUT2D eigenvalue weighted by Crippen LogP contribution is 2.33. The fourth-order valence-electron chi connectivity index (χ4n) is 3.41. The van der Waals surface area contributed by atoms with Crippen molar-refractivity contribution in [1.82, 2.24) is 10.2 Å². The van der Waals surface area contributed by atoms with Crippen LogP contribution in [0.1, 0.15) is 30.7 Å². The highest BCUT2D eigenvalue weighted by Gasteiger charge is 2.31. The number of likely N-dealkylation sites (tertiary alicyclic amines) is 1. The Morgan fingerprint density at radius 2 is 2.13 bits per heavy atom. The minimum absolute atomic E-state index is 0.104. The van der Waals surface area contributed by atoms with Crippen molar-refractivity contribution in [2.45, 2.75) is 31.2 Å². The first kappa shape index (κ1) is 16.3. The monoisotopic (exact) mass is 318 g/mol. The lowest BCUT2D eigenvalue weighted by Crippen LogP contribution is -2.46. The van der Waals surface area contributed by atoms with Crippen molar-refractivity contribution in [2.75, 3.05) is 40.0 Å². The molecule has 1 aromatic rings. The predicted molar refractivity (Wildman–Crippen MR) is 88.8 cm³/mol. The van der Waals surface area contributed by atoms with Crippen LogP contribution >= 0.6 is 0 Å². The van der Waals surface area contributed by atoms with Crippen molar-refractivity contribution in [3.8, 4) is 5.75 Å². The van der Waals surface area contributed by atoms with Crippen LogP contribution in [0.15, 0.2) is 24.3 Å². The topological polar surface area (TPSA) is 50.8 Å². The molecular weight excluding hydrogens is 292 g/mol. The van der Waals surface area contributed by atoms with Crippen molar-refractivity contribution in [3.05, 3.63) is 29.8 Å². The molecule has 5 nitrogen and oxygen atoms in total. The third kappa shape index (κ3) is 4.03. The normalized spacial score (nSPS) is 21.7. The Hall–Kier alpha value is -1.59. The number of hydrogen-bond acceptors (Lipinski definition) is 4. The summed E-state index contributed by atoms with van der Waals surface area (Å²) < 4.78 is 10.7. The molecule has 1 saturated heterocycles. The second kappa shape index (κ2) is 7.79. The lowest BCUT2D eigenvalue weighted by Gasteiger charge is -2.32. The Labute approximate surface area is 137 Å². The van der Waals surface area contributed by atoms with Crippen molar-refractivity contribution in [2.24, 2.45) is 0 Å². The molecule has 2 aliphatic rings. The van der Waals surface area contributed by atoms with Gasteiger partial charge in [0.05, 0.1) is 0 Å². The fraction of sp³-hybridized carbons (Fsp3) is 0.611. The summed E-state index contributed by atoms with van der Waals surface area (Å²) in [6.07, 6.45) is 3.12. The molecule has 0 radical (unpaired) electrons. The number of carbonyl (C=O) groups is 1. The zero-order valence-electron chi connectivity index (χ0n) is 13.8. The molecule has 1 N–H and O–H groups in total. The van der Waals surface area contributed by atoms with E-state index in [9.17, 15) is 4.79 Å². The van der Waals surface area contributed by atoms with Crippen molar-refractivity contribution < 1.29 is 14.3 Å². The van der Waals surface area contributed by atoms with E-state index in [0.29, 0.717) is 6.61 Å². The maximum Gasteiger partial charge on any atom is 0.231 e. The minimum atomic E-state index is -0.161. The molecule has 2 aliphatic heterocycles. The van der Waals surface area contributed by atoms with Gasteiger partial charge in [-0.3, -0.25) is 4.79 Å². The van der Waals surface area contributed by atoms with E-state index in [0.717, 1.165) is 56.8 Å². The molecule has 23 heavy (non-hydrogen) atoms. The van der Waals surface area contributed by atoms with E-state index in [1.807, 2.05) is 24.3 Å². The van der Waals surface area contributed by atoms with Gasteiger partial charge in [0.15, 0.2) is 0 Å². The van der Waals surface area contributed by atoms with Crippen LogP contribution in [0.5, 0.6) is 5.75 Å². The van der Waals surface area contributed by atoms with E-state index in [1.54, 1.807) is 7.11 Å². The van der Waals surface area contributed by atoms with Crippen molar-refractivity contribution in [3.63, 3.8) is 0 Å². The Kier molecular flexibility index (Phi) is 5.51. The molecule has 0 aliphatic carbocycles. The van der Waals surface area contributed by atoms with Gasteiger partial charge in [-0.05, 0) is 25.3 Å². The Bertz CT molecular complexity index is 527. The summed E-state index contributed by atoms with van der Waals surface area (Å²) >= 11 is 0. The van der Waals surface area contributed by atoms with Crippen LogP contribution in [0.2, 0.25) is 0 Å². The third-order valence-electron chi connectivity index (χ3n) is 4.77. The molecule has 0 spiro atoms. The zero-order chi connectivity index (χ0) is 16.1. The van der Waals surface area contributed by atoms with E-state index in [-0.39, 0.29) is 17.9 Å². The quantitative estimate of drug-likeness (QED) is 0.812. The maximum atomic E-state index is 12.5. The van der Waals surface area contributed by atoms with Crippen LogP contribution in [0.3, 0.4) is 0 Å². The van der Waals surface area contributed by atoms with E-state index in [1.165, 1.54) is 0 Å². The summed E-state index contributed by atoms with van der Waals surface area (Å²) in [4.78, 5) is 15.0. The molecule has 5 heteroatoms. The first-order valence-corrected chi connectivity index (χ1v) is 8.51. The summed E-state index contributed by atoms with van der Waals surface area (Å²) in [5, 5.41) is 3.22. The first-order chi connectivity index (χ1) is 11.3. The summed E-state index contributed by atoms with van der Waals surface area (Å²) in [6, 6.07) is 8.12. The minimum Gasteiger partial charge on any atom is -0.492 e. The van der Waals surface area contributed by atoms with Crippen LogP contribution in [0, 0.1) is 0 Å². The predicted octanol–water partition coefficient (Wildman–Crippen LogP) is 1.78. The van der Waals surface area contributed by atoms with Gasteiger partial charge in [0, 0.05) is 45.0 Å². The molecular formula is C18H26N2O3. The number of para-hydroxylation sites is 1. The van der Waals surface area contributed by atoms with Crippen molar-refractivity contribution in [1.29, 1.82) is 0 Å². The number of rotatable bonds is 6. The molecule has 0 aromatic heterocycles. The molecule has 0 bridgehead atoms. The van der Waals surface area contributed by atoms with Gasteiger partial charge in [-0.25, -0.2) is 0 Å². The van der Waals surface area contributed by atoms with Gasteiger partial charge >= 0.3 is 0 Å². The lowest BCUT2D eigenvalue weighted by atomic mass is 9.98. The van der Waals surface area contributed by atoms with Gasteiger partial charge in [0.1, 0.15) is 18.3 Å². The summed E-state index contributed by atoms with van der Waals surface area (Å²) in [6.45, 7) is 4.45. The van der Waals surface area contributed by atoms with E-state index < -0.39 is 0 Å². The molecule has 1 atom stereocenters. The molecule has 1 unspecified atom stereocenters. The average molecular weight is 318 g/mol. The Morgan fingerprint density at radius 3 is 2.91 bits per heavy atom. The number of carbonyl (C=O) groups excluding carboxylic acids is 1. The first-order valence-electron chi connectivity index (χ1n) is 8.51. The molecule has 3 rings (SSSR count). The lowest BCUT2D eigenvalue weighted by molar-refractivity contribution is -0.123. The van der Waals surface area contributed by atoms with E-state index >= 15 is 0 Å². The molecule has 126 valence electrons. The molecule has 0 saturated carbocycles. The highest BCUT2D eigenvalue weighted by atomic mass is 16.5. The summed E-state index contributed by atoms with van der Waals surface area (Å²) in [5.74, 6) is 0.791. The standard InChI is InChI=1S/C18H26N2O3/c1-22-12-4-9-20-10-7-14(8-11-20)19-18(21)16-13-23-17-6-3-2-5-15(16)17/h2-3,5-6,14,16H,4,7-13H2,1H3,(H,19,21). The van der Waals surface area contributed by atoms with E-state index in [4.69, 9.17) is 9.47 Å². The summed E-state index contributed by atoms with van der Waals surface area (Å²) in [5.41, 5.74) is 1.02. The van der Waals surface area contributed by atoms with Crippen LogP contribution in [-0.4, -0.2) is 56.8 Å². The number of methoxy groups -OCH3 is 1. The van der Waals surface area contributed by atoms with E-state index in [2.05, 4.69) is 10.2 Å². The Balaban J connectivity index is 1.45. The molecule has 2 heterocycles.